The summed E-state index contributed by atoms with van der Waals surface area (Å²) in [5.41, 5.74) is -1.36. The van der Waals surface area contributed by atoms with E-state index in [4.69, 9.17) is 97.5 Å². The number of alkyl halides is 8. The van der Waals surface area contributed by atoms with Gasteiger partial charge in [-0.1, -0.05) is 103 Å². The molecule has 0 saturated carbocycles. The summed E-state index contributed by atoms with van der Waals surface area (Å²) < 4.78 is 1.15. The van der Waals surface area contributed by atoms with Crippen LogP contribution in [0.2, 0.25) is 0 Å². The summed E-state index contributed by atoms with van der Waals surface area (Å²) in [6.07, 6.45) is 8.37. The average Bonchev–Trinajstić information content (AvgIpc) is 3.77. The Hall–Kier alpha value is -2.17. The number of nitrogens with zero attached hydrogens (tertiary/aromatic N) is 4. The lowest BCUT2D eigenvalue weighted by atomic mass is 9.91. The molecule has 6 aliphatic heterocycles. The van der Waals surface area contributed by atoms with E-state index in [9.17, 15) is 14.4 Å². The fourth-order valence-corrected chi connectivity index (χ4v) is 7.17. The summed E-state index contributed by atoms with van der Waals surface area (Å²) in [4.78, 5) is 48.7. The van der Waals surface area contributed by atoms with Crippen LogP contribution in [0.1, 0.15) is 40.5 Å². The minimum atomic E-state index is -2.16. The molecule has 6 heterocycles. The predicted molar refractivity (Wildman–Crippen MR) is 207 cm³/mol. The quantitative estimate of drug-likeness (QED) is 0.138. The van der Waals surface area contributed by atoms with Crippen LogP contribution < -0.4 is 31.9 Å². The Morgan fingerprint density at radius 1 is 0.827 bits per heavy atom. The van der Waals surface area contributed by atoms with Crippen molar-refractivity contribution in [1.29, 1.82) is 0 Å². The van der Waals surface area contributed by atoms with E-state index in [1.165, 1.54) is 6.92 Å². The summed E-state index contributed by atoms with van der Waals surface area (Å²) in [5, 5.41) is 18.6. The molecule has 0 unspecified atom stereocenters. The van der Waals surface area contributed by atoms with Crippen LogP contribution in [0, 0.1) is 0 Å². The highest BCUT2D eigenvalue weighted by molar-refractivity contribution is 6.77. The second kappa shape index (κ2) is 16.3. The number of halogens is 8. The first-order valence-electron chi connectivity index (χ1n) is 15.8. The fraction of sp³-hybridized carbons (Fsp3) is 0.567. The summed E-state index contributed by atoms with van der Waals surface area (Å²) >= 11 is 43.6. The van der Waals surface area contributed by atoms with Gasteiger partial charge in [-0.3, -0.25) is 29.9 Å². The SMILES string of the molecule is C=C1N[C@H]2[C@H](CC)N=C(NC(=O)C(Cl)(Cl)Cl)N3[C@@H](C)C=C[C@]23N1.C=C1N[C@H]2[C@H](CC)N=C(NC(=O)C(Cl)(Cl)Cl)N3[C@H](OC(C)=O)C=C[C@]23N1.ClCCl. The van der Waals surface area contributed by atoms with Crippen LogP contribution in [0.3, 0.4) is 0 Å². The van der Waals surface area contributed by atoms with Gasteiger partial charge in [0.15, 0.2) is 17.6 Å². The Bertz CT molecular complexity index is 1580. The number of guanidine groups is 2. The number of hydrogen-bond acceptors (Lipinski definition) is 12. The number of esters is 1. The van der Waals surface area contributed by atoms with Gasteiger partial charge in [-0.05, 0) is 38.0 Å². The third-order valence-corrected chi connectivity index (χ3v) is 9.83. The molecule has 22 heteroatoms. The number of nitrogens with one attached hydrogen (secondary N) is 6. The van der Waals surface area contributed by atoms with Crippen LogP contribution in [0.15, 0.2) is 59.1 Å². The van der Waals surface area contributed by atoms with Crippen molar-refractivity contribution in [2.45, 2.75) is 95.9 Å². The molecule has 8 atom stereocenters. The normalized spacial score (nSPS) is 32.0. The minimum absolute atomic E-state index is 0.00890. The maximum Gasteiger partial charge on any atom is 0.304 e. The van der Waals surface area contributed by atoms with Gasteiger partial charge >= 0.3 is 5.97 Å². The zero-order chi connectivity index (χ0) is 39.0. The number of rotatable bonds is 3. The third kappa shape index (κ3) is 8.39. The Morgan fingerprint density at radius 2 is 1.23 bits per heavy atom. The van der Waals surface area contributed by atoms with E-state index in [-0.39, 0.29) is 41.5 Å². The van der Waals surface area contributed by atoms with Gasteiger partial charge in [0.05, 0.1) is 47.2 Å². The number of aliphatic imine (C=N–C) groups is 2. The van der Waals surface area contributed by atoms with Crippen molar-refractivity contribution < 1.29 is 19.1 Å². The molecule has 6 N–H and O–H groups in total. The van der Waals surface area contributed by atoms with Crippen molar-refractivity contribution in [3.05, 3.63) is 49.1 Å². The molecule has 0 aromatic rings. The van der Waals surface area contributed by atoms with Crippen LogP contribution in [0.25, 0.3) is 0 Å². The van der Waals surface area contributed by atoms with Gasteiger partial charge in [0, 0.05) is 6.92 Å². The molecule has 6 aliphatic rings. The molecule has 0 bridgehead atoms. The highest BCUT2D eigenvalue weighted by Gasteiger charge is 2.60. The molecule has 14 nitrogen and oxygen atoms in total. The van der Waals surface area contributed by atoms with Crippen molar-refractivity contribution in [2.24, 2.45) is 9.98 Å². The molecule has 2 saturated heterocycles. The van der Waals surface area contributed by atoms with Crippen LogP contribution in [0.4, 0.5) is 0 Å². The molecule has 2 spiro atoms. The highest BCUT2D eigenvalue weighted by atomic mass is 35.6. The highest BCUT2D eigenvalue weighted by Crippen LogP contribution is 2.41. The fourth-order valence-electron chi connectivity index (χ4n) is 6.89. The van der Waals surface area contributed by atoms with Crippen LogP contribution in [-0.2, 0) is 19.1 Å². The van der Waals surface area contributed by atoms with Gasteiger partial charge in [0.2, 0.25) is 11.9 Å². The molecule has 0 aliphatic carbocycles. The second-order valence-corrected chi connectivity index (χ2v) is 17.5. The predicted octanol–water partition coefficient (Wildman–Crippen LogP) is 4.14. The van der Waals surface area contributed by atoms with Crippen LogP contribution in [-0.4, -0.2) is 100 Å². The first-order valence-corrected chi connectivity index (χ1v) is 19.2. The second-order valence-electron chi connectivity index (χ2n) is 12.2. The van der Waals surface area contributed by atoms with E-state index in [1.54, 1.807) is 11.0 Å². The number of amides is 2. The summed E-state index contributed by atoms with van der Waals surface area (Å²) in [6, 6.07) is -0.423. The first kappa shape index (κ1) is 42.6. The zero-order valence-corrected chi connectivity index (χ0v) is 34.3. The monoisotopic (exact) mass is 882 g/mol. The molecule has 0 radical (unpaired) electrons. The minimum Gasteiger partial charge on any atom is -0.438 e. The van der Waals surface area contributed by atoms with E-state index in [2.05, 4.69) is 67.2 Å². The number of ether oxygens (including phenoxy) is 1. The first-order chi connectivity index (χ1) is 24.2. The molecule has 2 amide bonds. The van der Waals surface area contributed by atoms with Crippen molar-refractivity contribution in [2.75, 3.05) is 5.34 Å². The lowest BCUT2D eigenvalue weighted by Crippen LogP contribution is -2.71. The standard InChI is InChI=1S/C15H18Cl3N5O3.C14H18Cl3N5O.CH2Cl2/c1-4-9-11-14(22-7(2)19-11)6-5-10(26-8(3)24)23(14)13(20-9)21-12(25)15(16,17)18;1-4-9-10-13(21-8(3)18-10)6-5-7(2)22(13)12(19-9)20-11(23)14(15,16)17;2-1-3/h5-6,9-11,19,22H,2,4H2,1,3H3,(H,20,21,25);5-7,9-10,18,21H,3-4H2,1-2H3,(H,19,20,23);1H2/t9-,10+,11-,14+;7-,9-,10-,13+;/m00./s1. The maximum atomic E-state index is 12.2. The molecule has 6 rings (SSSR count). The number of hydrogen-bond donors (Lipinski definition) is 6. The largest absolute Gasteiger partial charge is 0.438 e. The van der Waals surface area contributed by atoms with E-state index in [0.717, 1.165) is 12.2 Å². The van der Waals surface area contributed by atoms with Crippen LogP contribution >= 0.6 is 92.8 Å². The maximum absolute atomic E-state index is 12.2. The summed E-state index contributed by atoms with van der Waals surface area (Å²) in [5.74, 6) is -0.216. The number of carbonyl (C=O) groups excluding carboxylic acids is 3. The van der Waals surface area contributed by atoms with Crippen molar-refractivity contribution >= 4 is 123 Å². The third-order valence-electron chi connectivity index (χ3n) is 8.80. The average molecular weight is 886 g/mol. The van der Waals surface area contributed by atoms with Crippen molar-refractivity contribution in [3.8, 4) is 0 Å². The molecular formula is C30H38Cl8N10O4. The molecule has 52 heavy (non-hydrogen) atoms. The smallest absolute Gasteiger partial charge is 0.304 e. The van der Waals surface area contributed by atoms with E-state index in [1.807, 2.05) is 31.7 Å². The van der Waals surface area contributed by atoms with E-state index < -0.39 is 42.9 Å². The van der Waals surface area contributed by atoms with Crippen LogP contribution in [0.5, 0.6) is 0 Å². The molecular weight excluding hydrogens is 848 g/mol. The number of carbonyl (C=O) groups is 3. The van der Waals surface area contributed by atoms with Gasteiger partial charge in [0.25, 0.3) is 19.4 Å². The topological polar surface area (TPSA) is 164 Å². The zero-order valence-electron chi connectivity index (χ0n) is 28.3. The van der Waals surface area contributed by atoms with Gasteiger partial charge < -0.3 is 30.9 Å². The Labute approximate surface area is 341 Å². The van der Waals surface area contributed by atoms with E-state index >= 15 is 0 Å². The summed E-state index contributed by atoms with van der Waals surface area (Å²) in [7, 11) is 0. The van der Waals surface area contributed by atoms with Gasteiger partial charge in [-0.15, -0.1) is 23.2 Å². The molecule has 288 valence electrons. The molecule has 2 fully saturated rings. The van der Waals surface area contributed by atoms with Crippen molar-refractivity contribution in [3.63, 3.8) is 0 Å². The summed E-state index contributed by atoms with van der Waals surface area (Å²) in [6.45, 7) is 15.2. The lowest BCUT2D eigenvalue weighted by molar-refractivity contribution is -0.151. The van der Waals surface area contributed by atoms with Crippen molar-refractivity contribution in [1.82, 2.24) is 41.7 Å². The van der Waals surface area contributed by atoms with E-state index in [0.29, 0.717) is 18.2 Å². The lowest BCUT2D eigenvalue weighted by Gasteiger charge is -2.47. The molecule has 0 aromatic carbocycles. The van der Waals surface area contributed by atoms with Gasteiger partial charge in [-0.2, -0.15) is 0 Å². The Balaban J connectivity index is 0.000000218. The molecule has 0 aromatic heterocycles. The Kier molecular flexibility index (Phi) is 13.3. The van der Waals surface area contributed by atoms with Gasteiger partial charge in [0.1, 0.15) is 0 Å². The Morgan fingerprint density at radius 3 is 1.63 bits per heavy atom. The van der Waals surface area contributed by atoms with Gasteiger partial charge in [-0.25, -0.2) is 9.98 Å².